The fourth-order valence-electron chi connectivity index (χ4n) is 3.50. The summed E-state index contributed by atoms with van der Waals surface area (Å²) in [6, 6.07) is 2.86. The number of esters is 1. The van der Waals surface area contributed by atoms with E-state index in [0.29, 0.717) is 44.0 Å². The van der Waals surface area contributed by atoms with Gasteiger partial charge in [0.15, 0.2) is 0 Å². The molecule has 31 heavy (non-hydrogen) atoms. The average molecular weight is 451 g/mol. The van der Waals surface area contributed by atoms with Gasteiger partial charge in [-0.15, -0.1) is 11.3 Å². The molecule has 3 amide bonds. The molecule has 0 aliphatic carbocycles. The zero-order valence-corrected chi connectivity index (χ0v) is 19.2. The lowest BCUT2D eigenvalue weighted by atomic mass is 10.0. The molecule has 10 heteroatoms. The molecule has 9 nitrogen and oxygen atoms in total. The van der Waals surface area contributed by atoms with Crippen molar-refractivity contribution in [3.05, 3.63) is 33.7 Å². The summed E-state index contributed by atoms with van der Waals surface area (Å²) in [7, 11) is 0. The van der Waals surface area contributed by atoms with Gasteiger partial charge in [-0.2, -0.15) is 0 Å². The molecule has 2 N–H and O–H groups in total. The molecule has 1 atom stereocenters. The molecule has 2 aliphatic rings. The van der Waals surface area contributed by atoms with Crippen LogP contribution in [0.3, 0.4) is 0 Å². The largest absolute Gasteiger partial charge is 0.463 e. The van der Waals surface area contributed by atoms with E-state index in [9.17, 15) is 14.4 Å². The average Bonchev–Trinajstić information content (AvgIpc) is 3.21. The lowest BCUT2D eigenvalue weighted by Gasteiger charge is -2.37. The minimum Gasteiger partial charge on any atom is -0.463 e. The van der Waals surface area contributed by atoms with Crippen LogP contribution in [-0.4, -0.2) is 72.8 Å². The van der Waals surface area contributed by atoms with Crippen LogP contribution in [0, 0.1) is 0 Å². The standard InChI is InChI=1S/C21H30N4O5S/c1-5-29-18(26)16-14(22-19(27)23-17(16)15-7-6-12-31-15)13-24-8-10-25(11-9-24)20(28)30-21(2,3)4/h6-7,12,17H,5,8-11,13H2,1-4H3,(H2,22,23,27)/t17-/m0/s1. The molecule has 1 aromatic heterocycles. The molecule has 0 radical (unpaired) electrons. The Hall–Kier alpha value is -2.59. The Kier molecular flexibility index (Phi) is 7.22. The van der Waals surface area contributed by atoms with Crippen molar-refractivity contribution in [2.24, 2.45) is 0 Å². The molecular weight excluding hydrogens is 420 g/mol. The van der Waals surface area contributed by atoms with E-state index in [1.165, 1.54) is 11.3 Å². The molecule has 170 valence electrons. The molecule has 2 aliphatic heterocycles. The van der Waals surface area contributed by atoms with Crippen LogP contribution in [0.1, 0.15) is 38.6 Å². The van der Waals surface area contributed by atoms with Crippen molar-refractivity contribution in [3.63, 3.8) is 0 Å². The number of nitrogens with zero attached hydrogens (tertiary/aromatic N) is 2. The molecular formula is C21H30N4O5S. The van der Waals surface area contributed by atoms with Gasteiger partial charge in [0.05, 0.1) is 18.2 Å². The van der Waals surface area contributed by atoms with E-state index < -0.39 is 17.6 Å². The monoisotopic (exact) mass is 450 g/mol. The van der Waals surface area contributed by atoms with Crippen LogP contribution in [0.15, 0.2) is 28.8 Å². The lowest BCUT2D eigenvalue weighted by molar-refractivity contribution is -0.139. The van der Waals surface area contributed by atoms with Gasteiger partial charge < -0.3 is 25.0 Å². The zero-order chi connectivity index (χ0) is 22.6. The maximum Gasteiger partial charge on any atom is 0.410 e. The van der Waals surface area contributed by atoms with Crippen molar-refractivity contribution in [2.45, 2.75) is 39.3 Å². The normalized spacial score (nSPS) is 20.2. The van der Waals surface area contributed by atoms with E-state index >= 15 is 0 Å². The summed E-state index contributed by atoms with van der Waals surface area (Å²) in [6.45, 7) is 10.1. The molecule has 3 rings (SSSR count). The second-order valence-corrected chi connectivity index (χ2v) is 9.38. The van der Waals surface area contributed by atoms with Gasteiger partial charge in [0.25, 0.3) is 0 Å². The first-order valence-electron chi connectivity index (χ1n) is 10.4. The van der Waals surface area contributed by atoms with E-state index in [-0.39, 0.29) is 18.7 Å². The second-order valence-electron chi connectivity index (χ2n) is 8.40. The SMILES string of the molecule is CCOC(=O)C1=C(CN2CCN(C(=O)OC(C)(C)C)CC2)NC(=O)N[C@H]1c1cccs1. The number of amides is 3. The summed E-state index contributed by atoms with van der Waals surface area (Å²) in [4.78, 5) is 42.1. The predicted octanol–water partition coefficient (Wildman–Crippen LogP) is 2.47. The summed E-state index contributed by atoms with van der Waals surface area (Å²) in [5.41, 5.74) is 0.411. The third-order valence-electron chi connectivity index (χ3n) is 4.88. The summed E-state index contributed by atoms with van der Waals surface area (Å²) in [5, 5.41) is 7.53. The highest BCUT2D eigenvalue weighted by Gasteiger charge is 2.35. The van der Waals surface area contributed by atoms with E-state index in [1.807, 2.05) is 38.3 Å². The molecule has 1 fully saturated rings. The summed E-state index contributed by atoms with van der Waals surface area (Å²) < 4.78 is 10.7. The van der Waals surface area contributed by atoms with Gasteiger partial charge in [-0.3, -0.25) is 4.90 Å². The first kappa shape index (κ1) is 23.1. The van der Waals surface area contributed by atoms with Crippen LogP contribution >= 0.6 is 11.3 Å². The highest BCUT2D eigenvalue weighted by atomic mass is 32.1. The molecule has 0 unspecified atom stereocenters. The number of nitrogens with one attached hydrogen (secondary N) is 2. The van der Waals surface area contributed by atoms with Gasteiger partial charge in [-0.05, 0) is 39.1 Å². The summed E-state index contributed by atoms with van der Waals surface area (Å²) in [5.74, 6) is -0.448. The number of rotatable bonds is 5. The minimum absolute atomic E-state index is 0.245. The van der Waals surface area contributed by atoms with Crippen LogP contribution in [0.4, 0.5) is 9.59 Å². The van der Waals surface area contributed by atoms with E-state index in [1.54, 1.807) is 11.8 Å². The number of hydrogen-bond acceptors (Lipinski definition) is 7. The molecule has 0 bridgehead atoms. The van der Waals surface area contributed by atoms with Crippen molar-refractivity contribution in [3.8, 4) is 0 Å². The van der Waals surface area contributed by atoms with Crippen molar-refractivity contribution >= 4 is 29.4 Å². The maximum atomic E-state index is 12.8. The smallest absolute Gasteiger partial charge is 0.410 e. The minimum atomic E-state index is -0.550. The van der Waals surface area contributed by atoms with E-state index in [0.717, 1.165) is 4.88 Å². The number of urea groups is 1. The van der Waals surface area contributed by atoms with Gasteiger partial charge in [0.1, 0.15) is 5.60 Å². The Labute approximate surface area is 186 Å². The molecule has 3 heterocycles. The second kappa shape index (κ2) is 9.69. The number of hydrogen-bond donors (Lipinski definition) is 2. The van der Waals surface area contributed by atoms with Crippen LogP contribution in [0.2, 0.25) is 0 Å². The Balaban J connectivity index is 1.74. The third kappa shape index (κ3) is 5.98. The van der Waals surface area contributed by atoms with E-state index in [4.69, 9.17) is 9.47 Å². The third-order valence-corrected chi connectivity index (χ3v) is 5.82. The number of carbonyl (C=O) groups excluding carboxylic acids is 3. The Morgan fingerprint density at radius 2 is 1.94 bits per heavy atom. The predicted molar refractivity (Wildman–Crippen MR) is 117 cm³/mol. The first-order valence-corrected chi connectivity index (χ1v) is 11.3. The van der Waals surface area contributed by atoms with Gasteiger partial charge in [-0.25, -0.2) is 14.4 Å². The van der Waals surface area contributed by atoms with Crippen molar-refractivity contribution in [1.29, 1.82) is 0 Å². The Morgan fingerprint density at radius 1 is 1.23 bits per heavy atom. The first-order chi connectivity index (χ1) is 14.7. The quantitative estimate of drug-likeness (QED) is 0.669. The molecule has 1 aromatic rings. The van der Waals surface area contributed by atoms with Crippen molar-refractivity contribution in [2.75, 3.05) is 39.3 Å². The van der Waals surface area contributed by atoms with Crippen molar-refractivity contribution < 1.29 is 23.9 Å². The topological polar surface area (TPSA) is 100 Å². The van der Waals surface area contributed by atoms with Gasteiger partial charge in [-0.1, -0.05) is 6.07 Å². The number of piperazine rings is 1. The van der Waals surface area contributed by atoms with Gasteiger partial charge in [0, 0.05) is 43.3 Å². The van der Waals surface area contributed by atoms with Crippen LogP contribution < -0.4 is 10.6 Å². The number of ether oxygens (including phenoxy) is 2. The zero-order valence-electron chi connectivity index (χ0n) is 18.4. The number of thiophene rings is 1. The fourth-order valence-corrected chi connectivity index (χ4v) is 4.28. The van der Waals surface area contributed by atoms with Gasteiger partial charge >= 0.3 is 18.1 Å². The lowest BCUT2D eigenvalue weighted by Crippen LogP contribution is -2.53. The van der Waals surface area contributed by atoms with Crippen LogP contribution in [0.5, 0.6) is 0 Å². The Bertz CT molecular complexity index is 838. The number of carbonyl (C=O) groups is 3. The highest BCUT2D eigenvalue weighted by molar-refractivity contribution is 7.10. The summed E-state index contributed by atoms with van der Waals surface area (Å²) >= 11 is 1.47. The fraction of sp³-hybridized carbons (Fsp3) is 0.571. The van der Waals surface area contributed by atoms with Crippen LogP contribution in [0.25, 0.3) is 0 Å². The Morgan fingerprint density at radius 3 is 2.52 bits per heavy atom. The highest BCUT2D eigenvalue weighted by Crippen LogP contribution is 2.31. The summed E-state index contributed by atoms with van der Waals surface area (Å²) in [6.07, 6.45) is -0.327. The molecule has 0 spiro atoms. The van der Waals surface area contributed by atoms with Crippen molar-refractivity contribution in [1.82, 2.24) is 20.4 Å². The maximum absolute atomic E-state index is 12.8. The van der Waals surface area contributed by atoms with E-state index in [2.05, 4.69) is 15.5 Å². The molecule has 1 saturated heterocycles. The molecule has 0 aromatic carbocycles. The van der Waals surface area contributed by atoms with Gasteiger partial charge in [0.2, 0.25) is 0 Å². The molecule has 0 saturated carbocycles. The van der Waals surface area contributed by atoms with Crippen LogP contribution in [-0.2, 0) is 14.3 Å².